The lowest BCUT2D eigenvalue weighted by Crippen LogP contribution is -2.51. The van der Waals surface area contributed by atoms with E-state index in [1.807, 2.05) is 23.8 Å². The fourth-order valence-electron chi connectivity index (χ4n) is 2.77. The van der Waals surface area contributed by atoms with E-state index in [1.165, 1.54) is 12.1 Å². The minimum absolute atomic E-state index is 0.0804. The first kappa shape index (κ1) is 17.2. The number of carbonyl (C=O) groups is 1. The molecule has 0 radical (unpaired) electrons. The van der Waals surface area contributed by atoms with Crippen molar-refractivity contribution in [3.05, 3.63) is 30.1 Å². The van der Waals surface area contributed by atoms with Crippen molar-refractivity contribution in [2.24, 2.45) is 5.92 Å². The van der Waals surface area contributed by atoms with Crippen LogP contribution >= 0.6 is 0 Å². The molecule has 1 aromatic rings. The predicted octanol–water partition coefficient (Wildman–Crippen LogP) is 1.57. The number of nitrogens with zero attached hydrogens (tertiary/aromatic N) is 4. The zero-order valence-corrected chi connectivity index (χ0v) is 13.7. The zero-order chi connectivity index (χ0) is 16.8. The molecule has 0 aliphatic carbocycles. The number of likely N-dealkylation sites (N-methyl/N-ethyl adjacent to an activating group) is 1. The van der Waals surface area contributed by atoms with Gasteiger partial charge >= 0.3 is 0 Å². The summed E-state index contributed by atoms with van der Waals surface area (Å²) < 4.78 is 13.0. The number of hydrogen-bond acceptors (Lipinski definition) is 4. The summed E-state index contributed by atoms with van der Waals surface area (Å²) >= 11 is 0. The lowest BCUT2D eigenvalue weighted by molar-refractivity contribution is -0.132. The van der Waals surface area contributed by atoms with Crippen LogP contribution in [0.15, 0.2) is 24.3 Å². The SMILES string of the molecule is C[C@@H](C#N)CN(C)CC(=O)N1CCN(c2ccc(F)cc2)CC1. The molecule has 124 valence electrons. The standard InChI is InChI=1S/C17H23FN4O/c1-14(11-19)12-20(2)13-17(23)22-9-7-21(8-10-22)16-5-3-15(18)4-6-16/h3-6,14H,7-10,12-13H2,1-2H3/t14-/m0/s1. The van der Waals surface area contributed by atoms with E-state index >= 15 is 0 Å². The summed E-state index contributed by atoms with van der Waals surface area (Å²) in [5, 5.41) is 8.82. The number of benzene rings is 1. The molecular formula is C17H23FN4O. The molecule has 23 heavy (non-hydrogen) atoms. The average Bonchev–Trinajstić information content (AvgIpc) is 2.55. The number of carbonyl (C=O) groups excluding carboxylic acids is 1. The van der Waals surface area contributed by atoms with Crippen LogP contribution in [-0.2, 0) is 4.79 Å². The Hall–Kier alpha value is -2.13. The molecule has 2 rings (SSSR count). The highest BCUT2D eigenvalue weighted by molar-refractivity contribution is 5.78. The molecule has 1 aliphatic rings. The smallest absolute Gasteiger partial charge is 0.236 e. The predicted molar refractivity (Wildman–Crippen MR) is 87.5 cm³/mol. The maximum Gasteiger partial charge on any atom is 0.236 e. The van der Waals surface area contributed by atoms with E-state index in [1.54, 1.807) is 12.1 Å². The Morgan fingerprint density at radius 2 is 1.91 bits per heavy atom. The number of piperazine rings is 1. The van der Waals surface area contributed by atoms with Gasteiger partial charge in [0.25, 0.3) is 0 Å². The topological polar surface area (TPSA) is 50.6 Å². The first-order valence-corrected chi connectivity index (χ1v) is 7.86. The lowest BCUT2D eigenvalue weighted by atomic mass is 10.2. The monoisotopic (exact) mass is 318 g/mol. The van der Waals surface area contributed by atoms with Crippen molar-refractivity contribution in [3.63, 3.8) is 0 Å². The van der Waals surface area contributed by atoms with Crippen LogP contribution in [0.1, 0.15) is 6.92 Å². The van der Waals surface area contributed by atoms with Gasteiger partial charge in [-0.15, -0.1) is 0 Å². The molecule has 1 fully saturated rings. The van der Waals surface area contributed by atoms with Gasteiger partial charge in [0.1, 0.15) is 5.82 Å². The van der Waals surface area contributed by atoms with E-state index < -0.39 is 0 Å². The Bertz CT molecular complexity index is 561. The fourth-order valence-corrected chi connectivity index (χ4v) is 2.77. The second-order valence-corrected chi connectivity index (χ2v) is 6.07. The van der Waals surface area contributed by atoms with Gasteiger partial charge in [-0.3, -0.25) is 9.69 Å². The number of anilines is 1. The molecule has 0 N–H and O–H groups in total. The molecule has 1 aromatic carbocycles. The summed E-state index contributed by atoms with van der Waals surface area (Å²) in [5.74, 6) is -0.225. The van der Waals surface area contributed by atoms with Crippen LogP contribution in [0.5, 0.6) is 0 Å². The van der Waals surface area contributed by atoms with Gasteiger partial charge in [0.2, 0.25) is 5.91 Å². The number of nitriles is 1. The first-order chi connectivity index (χ1) is 11.0. The minimum Gasteiger partial charge on any atom is -0.368 e. The Morgan fingerprint density at radius 3 is 2.48 bits per heavy atom. The van der Waals surface area contributed by atoms with E-state index in [0.29, 0.717) is 26.2 Å². The van der Waals surface area contributed by atoms with E-state index in [4.69, 9.17) is 5.26 Å². The molecule has 0 aromatic heterocycles. The van der Waals surface area contributed by atoms with Crippen LogP contribution in [0.25, 0.3) is 0 Å². The van der Waals surface area contributed by atoms with Crippen LogP contribution in [0.2, 0.25) is 0 Å². The highest BCUT2D eigenvalue weighted by Gasteiger charge is 2.22. The first-order valence-electron chi connectivity index (χ1n) is 7.86. The number of amides is 1. The van der Waals surface area contributed by atoms with Crippen molar-refractivity contribution in [3.8, 4) is 6.07 Å². The molecule has 1 aliphatic heterocycles. The van der Waals surface area contributed by atoms with Gasteiger partial charge in [-0.2, -0.15) is 5.26 Å². The summed E-state index contributed by atoms with van der Waals surface area (Å²) in [5.41, 5.74) is 0.985. The quantitative estimate of drug-likeness (QED) is 0.827. The van der Waals surface area contributed by atoms with E-state index in [0.717, 1.165) is 18.8 Å². The van der Waals surface area contributed by atoms with Crippen molar-refractivity contribution in [1.82, 2.24) is 9.80 Å². The highest BCUT2D eigenvalue weighted by atomic mass is 19.1. The largest absolute Gasteiger partial charge is 0.368 e. The van der Waals surface area contributed by atoms with Gasteiger partial charge in [0, 0.05) is 38.4 Å². The Kier molecular flexibility index (Phi) is 5.94. The normalized spacial score (nSPS) is 16.3. The summed E-state index contributed by atoms with van der Waals surface area (Å²) in [4.78, 5) is 18.2. The summed E-state index contributed by atoms with van der Waals surface area (Å²) in [6.45, 7) is 5.60. The van der Waals surface area contributed by atoms with Crippen molar-refractivity contribution in [2.75, 3.05) is 51.2 Å². The molecule has 6 heteroatoms. The molecular weight excluding hydrogens is 295 g/mol. The van der Waals surface area contributed by atoms with E-state index in [-0.39, 0.29) is 17.6 Å². The minimum atomic E-state index is -0.239. The maximum atomic E-state index is 13.0. The van der Waals surface area contributed by atoms with Crippen molar-refractivity contribution in [1.29, 1.82) is 5.26 Å². The highest BCUT2D eigenvalue weighted by Crippen LogP contribution is 2.17. The number of halogens is 1. The number of hydrogen-bond donors (Lipinski definition) is 0. The molecule has 1 amide bonds. The summed E-state index contributed by atoms with van der Waals surface area (Å²) in [6.07, 6.45) is 0. The molecule has 1 atom stereocenters. The van der Waals surface area contributed by atoms with Crippen LogP contribution in [0, 0.1) is 23.1 Å². The van der Waals surface area contributed by atoms with Gasteiger partial charge in [-0.25, -0.2) is 4.39 Å². The molecule has 0 spiro atoms. The van der Waals surface area contributed by atoms with Crippen LogP contribution in [0.3, 0.4) is 0 Å². The molecule has 1 saturated heterocycles. The van der Waals surface area contributed by atoms with Crippen LogP contribution < -0.4 is 4.90 Å². The van der Waals surface area contributed by atoms with Crippen LogP contribution in [-0.4, -0.2) is 62.0 Å². The Morgan fingerprint density at radius 1 is 1.30 bits per heavy atom. The average molecular weight is 318 g/mol. The maximum absolute atomic E-state index is 13.0. The zero-order valence-electron chi connectivity index (χ0n) is 13.7. The van der Waals surface area contributed by atoms with Gasteiger partial charge in [0.15, 0.2) is 0 Å². The van der Waals surface area contributed by atoms with Crippen molar-refractivity contribution >= 4 is 11.6 Å². The second kappa shape index (κ2) is 7.93. The molecule has 0 unspecified atom stereocenters. The molecule has 0 bridgehead atoms. The van der Waals surface area contributed by atoms with Gasteiger partial charge in [-0.1, -0.05) is 0 Å². The summed E-state index contributed by atoms with van der Waals surface area (Å²) in [7, 11) is 1.86. The summed E-state index contributed by atoms with van der Waals surface area (Å²) in [6, 6.07) is 8.63. The Balaban J connectivity index is 1.80. The number of rotatable bonds is 5. The molecule has 5 nitrogen and oxygen atoms in total. The molecule has 1 heterocycles. The van der Waals surface area contributed by atoms with E-state index in [2.05, 4.69) is 11.0 Å². The second-order valence-electron chi connectivity index (χ2n) is 6.07. The third-order valence-corrected chi connectivity index (χ3v) is 4.04. The molecule has 0 saturated carbocycles. The van der Waals surface area contributed by atoms with Gasteiger partial charge in [0.05, 0.1) is 18.5 Å². The third-order valence-electron chi connectivity index (χ3n) is 4.04. The Labute approximate surface area is 136 Å². The van der Waals surface area contributed by atoms with E-state index in [9.17, 15) is 9.18 Å². The fraction of sp³-hybridized carbons (Fsp3) is 0.529. The third kappa shape index (κ3) is 4.93. The van der Waals surface area contributed by atoms with Crippen LogP contribution in [0.4, 0.5) is 10.1 Å². The lowest BCUT2D eigenvalue weighted by Gasteiger charge is -2.36. The van der Waals surface area contributed by atoms with Gasteiger partial charge < -0.3 is 9.80 Å². The van der Waals surface area contributed by atoms with Crippen molar-refractivity contribution in [2.45, 2.75) is 6.92 Å². The van der Waals surface area contributed by atoms with Crippen molar-refractivity contribution < 1.29 is 9.18 Å². The van der Waals surface area contributed by atoms with Gasteiger partial charge in [-0.05, 0) is 38.2 Å².